The summed E-state index contributed by atoms with van der Waals surface area (Å²) in [6, 6.07) is 80.9. The smallest absolute Gasteiger partial charge is 0.160 e. The van der Waals surface area contributed by atoms with Gasteiger partial charge in [-0.3, -0.25) is 0 Å². The molecule has 4 heteroatoms. The van der Waals surface area contributed by atoms with Gasteiger partial charge in [0.05, 0.1) is 28.0 Å². The number of pyridine rings is 1. The van der Waals surface area contributed by atoms with Gasteiger partial charge in [-0.2, -0.15) is 0 Å². The lowest BCUT2D eigenvalue weighted by atomic mass is 9.67. The zero-order valence-corrected chi connectivity index (χ0v) is 35.4. The first kappa shape index (κ1) is 36.7. The second kappa shape index (κ2) is 14.6. The predicted molar refractivity (Wildman–Crippen MR) is 263 cm³/mol. The Morgan fingerprint density at radius 2 is 0.859 bits per heavy atom. The molecule has 0 N–H and O–H groups in total. The summed E-state index contributed by atoms with van der Waals surface area (Å²) in [6.45, 7) is 0. The van der Waals surface area contributed by atoms with Crippen molar-refractivity contribution in [3.05, 3.63) is 247 Å². The number of aromatic nitrogens is 3. The van der Waals surface area contributed by atoms with E-state index in [2.05, 4.69) is 200 Å². The highest BCUT2D eigenvalue weighted by Crippen LogP contribution is 2.62. The van der Waals surface area contributed by atoms with Crippen molar-refractivity contribution in [2.45, 2.75) is 15.2 Å². The van der Waals surface area contributed by atoms with Crippen molar-refractivity contribution in [3.63, 3.8) is 0 Å². The quantitative estimate of drug-likeness (QED) is 0.162. The second-order valence-corrected chi connectivity index (χ2v) is 17.8. The molecule has 2 aliphatic rings. The Hall–Kier alpha value is -7.92. The first-order valence-corrected chi connectivity index (χ1v) is 22.6. The van der Waals surface area contributed by atoms with Crippen LogP contribution in [0.3, 0.4) is 0 Å². The van der Waals surface area contributed by atoms with Gasteiger partial charge < -0.3 is 0 Å². The first-order valence-electron chi connectivity index (χ1n) is 21.8. The maximum Gasteiger partial charge on any atom is 0.160 e. The average Bonchev–Trinajstić information content (AvgIpc) is 3.66. The monoisotopic (exact) mass is 831 g/mol. The highest BCUT2D eigenvalue weighted by Gasteiger charge is 2.50. The molecular weight excluding hydrogens is 795 g/mol. The normalized spacial score (nSPS) is 13.1. The summed E-state index contributed by atoms with van der Waals surface area (Å²) in [4.78, 5) is 18.2. The zero-order valence-electron chi connectivity index (χ0n) is 34.6. The maximum absolute atomic E-state index is 5.48. The van der Waals surface area contributed by atoms with Gasteiger partial charge in [0.2, 0.25) is 0 Å². The fourth-order valence-electron chi connectivity index (χ4n) is 10.3. The molecule has 9 aromatic carbocycles. The van der Waals surface area contributed by atoms with E-state index >= 15 is 0 Å². The summed E-state index contributed by atoms with van der Waals surface area (Å²) in [6.07, 6.45) is 0. The van der Waals surface area contributed by atoms with E-state index in [-0.39, 0.29) is 0 Å². The first-order chi connectivity index (χ1) is 31.7. The molecule has 13 rings (SSSR count). The molecule has 3 heterocycles. The number of hydrogen-bond donors (Lipinski definition) is 0. The largest absolute Gasteiger partial charge is 0.247 e. The molecule has 1 aliphatic heterocycles. The summed E-state index contributed by atoms with van der Waals surface area (Å²) in [5.74, 6) is 0.703. The topological polar surface area (TPSA) is 38.7 Å². The zero-order chi connectivity index (χ0) is 42.2. The van der Waals surface area contributed by atoms with Crippen LogP contribution >= 0.6 is 11.8 Å². The molecule has 2 aromatic heterocycles. The Kier molecular flexibility index (Phi) is 8.37. The van der Waals surface area contributed by atoms with Crippen LogP contribution < -0.4 is 0 Å². The minimum absolute atomic E-state index is 0.457. The van der Waals surface area contributed by atoms with E-state index in [1.807, 2.05) is 36.0 Å². The van der Waals surface area contributed by atoms with Gasteiger partial charge in [-0.15, -0.1) is 0 Å². The fraction of sp³-hybridized carbons (Fsp3) is 0.0167. The highest BCUT2D eigenvalue weighted by molar-refractivity contribution is 7.99. The van der Waals surface area contributed by atoms with E-state index in [1.165, 1.54) is 48.6 Å². The third kappa shape index (κ3) is 5.66. The number of para-hydroxylation sites is 1. The fourth-order valence-corrected chi connectivity index (χ4v) is 11.5. The van der Waals surface area contributed by atoms with Crippen molar-refractivity contribution in [3.8, 4) is 67.4 Å². The molecule has 0 amide bonds. The van der Waals surface area contributed by atoms with Gasteiger partial charge in [-0.1, -0.05) is 194 Å². The van der Waals surface area contributed by atoms with E-state index in [4.69, 9.17) is 15.0 Å². The Balaban J connectivity index is 0.982. The Morgan fingerprint density at radius 3 is 1.59 bits per heavy atom. The Bertz CT molecular complexity index is 3550. The minimum atomic E-state index is -0.457. The standard InChI is InChI=1S/C60H37N3S/c1-3-17-38(18-4-1)54-37-55(63-59(62-54)39-19-5-2-6-20-39)42-23-15-21-40(33-42)41-22-16-24-43(34-41)58-48-36-57-52(35-47(48)46-27-9-13-31-53(46)61-58)60(51-30-12-14-32-56(51)64-57)49-28-10-7-25-44(49)45-26-8-11-29-50(45)60/h1-37H. The molecule has 0 saturated heterocycles. The van der Waals surface area contributed by atoms with Crippen molar-refractivity contribution in [2.24, 2.45) is 0 Å². The summed E-state index contributed by atoms with van der Waals surface area (Å²) < 4.78 is 0. The molecule has 0 atom stereocenters. The molecule has 11 aromatic rings. The Labute approximate surface area is 375 Å². The molecule has 0 unspecified atom stereocenters. The molecule has 0 bridgehead atoms. The molecule has 1 spiro atoms. The van der Waals surface area contributed by atoms with Gasteiger partial charge in [0, 0.05) is 42.8 Å². The maximum atomic E-state index is 5.48. The molecule has 298 valence electrons. The van der Waals surface area contributed by atoms with E-state index in [0.717, 1.165) is 66.8 Å². The third-order valence-corrected chi connectivity index (χ3v) is 14.3. The van der Waals surface area contributed by atoms with Crippen LogP contribution in [0.1, 0.15) is 22.3 Å². The van der Waals surface area contributed by atoms with Crippen LogP contribution in [0, 0.1) is 0 Å². The van der Waals surface area contributed by atoms with Gasteiger partial charge >= 0.3 is 0 Å². The van der Waals surface area contributed by atoms with Gasteiger partial charge in [0.25, 0.3) is 0 Å². The molecule has 0 radical (unpaired) electrons. The molecule has 1 aliphatic carbocycles. The number of hydrogen-bond acceptors (Lipinski definition) is 4. The van der Waals surface area contributed by atoms with Gasteiger partial charge in [-0.25, -0.2) is 15.0 Å². The third-order valence-electron chi connectivity index (χ3n) is 13.1. The van der Waals surface area contributed by atoms with Crippen molar-refractivity contribution in [2.75, 3.05) is 0 Å². The SMILES string of the molecule is c1ccc(-c2cc(-c3cccc(-c4cccc(-c5nc6ccccc6c6cc7c(cc56)Sc5ccccc5C75c6ccccc6-c6ccccc65)c4)c3)nc(-c3ccccc3)n2)cc1. The number of benzene rings is 9. The summed E-state index contributed by atoms with van der Waals surface area (Å²) in [7, 11) is 0. The molecular formula is C60H37N3S. The van der Waals surface area contributed by atoms with E-state index in [1.54, 1.807) is 0 Å². The summed E-state index contributed by atoms with van der Waals surface area (Å²) >= 11 is 1.88. The van der Waals surface area contributed by atoms with Crippen molar-refractivity contribution >= 4 is 33.4 Å². The van der Waals surface area contributed by atoms with Crippen LogP contribution in [0.4, 0.5) is 0 Å². The Morgan fingerprint density at radius 1 is 0.312 bits per heavy atom. The van der Waals surface area contributed by atoms with Gasteiger partial charge in [0.1, 0.15) is 0 Å². The van der Waals surface area contributed by atoms with Crippen LogP contribution in [0.2, 0.25) is 0 Å². The van der Waals surface area contributed by atoms with Crippen molar-refractivity contribution in [1.82, 2.24) is 15.0 Å². The summed E-state index contributed by atoms with van der Waals surface area (Å²) in [5.41, 5.74) is 17.6. The number of nitrogens with zero attached hydrogens (tertiary/aromatic N) is 3. The number of rotatable bonds is 5. The van der Waals surface area contributed by atoms with Gasteiger partial charge in [0.15, 0.2) is 5.82 Å². The van der Waals surface area contributed by atoms with Crippen LogP contribution in [-0.4, -0.2) is 15.0 Å². The molecule has 0 saturated carbocycles. The minimum Gasteiger partial charge on any atom is -0.247 e. The van der Waals surface area contributed by atoms with Crippen molar-refractivity contribution in [1.29, 1.82) is 0 Å². The molecule has 64 heavy (non-hydrogen) atoms. The van der Waals surface area contributed by atoms with E-state index in [9.17, 15) is 0 Å². The summed E-state index contributed by atoms with van der Waals surface area (Å²) in [5, 5.41) is 3.51. The van der Waals surface area contributed by atoms with E-state index < -0.39 is 5.41 Å². The average molecular weight is 832 g/mol. The number of fused-ring (bicyclic) bond motifs is 12. The molecule has 3 nitrogen and oxygen atoms in total. The lowest BCUT2D eigenvalue weighted by Crippen LogP contribution is -2.32. The van der Waals surface area contributed by atoms with E-state index in [0.29, 0.717) is 5.82 Å². The van der Waals surface area contributed by atoms with Crippen LogP contribution in [-0.2, 0) is 5.41 Å². The lowest BCUT2D eigenvalue weighted by Gasteiger charge is -2.40. The lowest BCUT2D eigenvalue weighted by molar-refractivity contribution is 0.724. The predicted octanol–water partition coefficient (Wildman–Crippen LogP) is 15.3. The van der Waals surface area contributed by atoms with Crippen LogP contribution in [0.25, 0.3) is 89.1 Å². The van der Waals surface area contributed by atoms with Crippen LogP contribution in [0.5, 0.6) is 0 Å². The molecule has 0 fully saturated rings. The second-order valence-electron chi connectivity index (χ2n) is 16.7. The van der Waals surface area contributed by atoms with Crippen molar-refractivity contribution < 1.29 is 0 Å². The van der Waals surface area contributed by atoms with Gasteiger partial charge in [-0.05, 0) is 92.4 Å². The van der Waals surface area contributed by atoms with Crippen LogP contribution in [0.15, 0.2) is 234 Å². The highest BCUT2D eigenvalue weighted by atomic mass is 32.2.